The number of furan rings is 1. The van der Waals surface area contributed by atoms with Gasteiger partial charge in [-0.25, -0.2) is 4.98 Å². The van der Waals surface area contributed by atoms with E-state index in [9.17, 15) is 13.2 Å². The van der Waals surface area contributed by atoms with Gasteiger partial charge in [0.25, 0.3) is 0 Å². The first-order valence-corrected chi connectivity index (χ1v) is 6.27. The summed E-state index contributed by atoms with van der Waals surface area (Å²) in [5.74, 6) is 1.32. The van der Waals surface area contributed by atoms with Gasteiger partial charge in [-0.05, 0) is 37.6 Å². The quantitative estimate of drug-likeness (QED) is 0.897. The molecule has 2 aromatic heterocycles. The number of nitrogens with zero attached hydrogens (tertiary/aromatic N) is 1. The van der Waals surface area contributed by atoms with Crippen molar-refractivity contribution in [2.75, 3.05) is 5.32 Å². The fraction of sp³-hybridized carbons (Fsp3) is 0.357. The molecule has 2 aromatic rings. The van der Waals surface area contributed by atoms with Crippen LogP contribution in [0.1, 0.15) is 24.7 Å². The summed E-state index contributed by atoms with van der Waals surface area (Å²) in [6.45, 7) is 1.95. The molecule has 2 rings (SSSR count). The molecule has 0 fully saturated rings. The molecule has 0 aliphatic rings. The van der Waals surface area contributed by atoms with E-state index in [2.05, 4.69) is 10.3 Å². The van der Waals surface area contributed by atoms with Crippen LogP contribution in [0, 0.1) is 0 Å². The number of halogens is 3. The number of pyridine rings is 1. The monoisotopic (exact) mass is 284 g/mol. The van der Waals surface area contributed by atoms with Gasteiger partial charge >= 0.3 is 6.18 Å². The standard InChI is InChI=1S/C14H15F3N2O/c1-10(4-6-12-3-2-8-20-12)19-13-7-5-11(9-18-13)14(15,16)17/h2-3,5,7-10H,4,6H2,1H3,(H,18,19). The maximum absolute atomic E-state index is 12.4. The Hall–Kier alpha value is -1.98. The minimum atomic E-state index is -4.35. The summed E-state index contributed by atoms with van der Waals surface area (Å²) in [6, 6.07) is 6.17. The number of anilines is 1. The average Bonchev–Trinajstić information content (AvgIpc) is 2.89. The van der Waals surface area contributed by atoms with Crippen LogP contribution in [0.15, 0.2) is 41.1 Å². The lowest BCUT2D eigenvalue weighted by atomic mass is 10.1. The first-order valence-electron chi connectivity index (χ1n) is 6.27. The molecule has 1 unspecified atom stereocenters. The van der Waals surface area contributed by atoms with Crippen LogP contribution < -0.4 is 5.32 Å². The van der Waals surface area contributed by atoms with Gasteiger partial charge in [-0.2, -0.15) is 13.2 Å². The molecule has 20 heavy (non-hydrogen) atoms. The SMILES string of the molecule is CC(CCc1ccco1)Nc1ccc(C(F)(F)F)cn1. The normalized spacial score (nSPS) is 13.2. The number of hydrogen-bond donors (Lipinski definition) is 1. The summed E-state index contributed by atoms with van der Waals surface area (Å²) in [6.07, 6.45) is -0.332. The van der Waals surface area contributed by atoms with Crippen LogP contribution in [0.5, 0.6) is 0 Å². The minimum absolute atomic E-state index is 0.0873. The number of alkyl halides is 3. The highest BCUT2D eigenvalue weighted by Crippen LogP contribution is 2.28. The number of nitrogens with one attached hydrogen (secondary N) is 1. The van der Waals surface area contributed by atoms with Crippen LogP contribution >= 0.6 is 0 Å². The number of rotatable bonds is 5. The van der Waals surface area contributed by atoms with Crippen molar-refractivity contribution in [2.45, 2.75) is 32.0 Å². The molecule has 1 N–H and O–H groups in total. The first kappa shape index (κ1) is 14.4. The highest BCUT2D eigenvalue weighted by molar-refractivity contribution is 5.37. The molecule has 0 amide bonds. The first-order chi connectivity index (χ1) is 9.45. The topological polar surface area (TPSA) is 38.1 Å². The predicted octanol–water partition coefficient (Wildman–Crippen LogP) is 4.13. The summed E-state index contributed by atoms with van der Waals surface area (Å²) in [7, 11) is 0. The molecular weight excluding hydrogens is 269 g/mol. The molecule has 2 heterocycles. The van der Waals surface area contributed by atoms with Crippen LogP contribution in [-0.2, 0) is 12.6 Å². The van der Waals surface area contributed by atoms with E-state index < -0.39 is 11.7 Å². The molecule has 0 aliphatic heterocycles. The number of aryl methyl sites for hydroxylation is 1. The van der Waals surface area contributed by atoms with Crippen LogP contribution in [-0.4, -0.2) is 11.0 Å². The van der Waals surface area contributed by atoms with Gasteiger partial charge in [0, 0.05) is 18.7 Å². The molecule has 3 nitrogen and oxygen atoms in total. The van der Waals surface area contributed by atoms with Crippen molar-refractivity contribution >= 4 is 5.82 Å². The second-order valence-electron chi connectivity index (χ2n) is 4.59. The van der Waals surface area contributed by atoms with Gasteiger partial charge in [0.05, 0.1) is 11.8 Å². The average molecular weight is 284 g/mol. The molecule has 0 saturated heterocycles. The van der Waals surface area contributed by atoms with Crippen molar-refractivity contribution in [2.24, 2.45) is 0 Å². The zero-order valence-electron chi connectivity index (χ0n) is 10.9. The Kier molecular flexibility index (Phi) is 4.32. The van der Waals surface area contributed by atoms with E-state index in [-0.39, 0.29) is 6.04 Å². The lowest BCUT2D eigenvalue weighted by Gasteiger charge is -2.14. The summed E-state index contributed by atoms with van der Waals surface area (Å²) in [5.41, 5.74) is -0.744. The molecule has 0 saturated carbocycles. The van der Waals surface area contributed by atoms with Crippen molar-refractivity contribution < 1.29 is 17.6 Å². The number of hydrogen-bond acceptors (Lipinski definition) is 3. The molecule has 108 valence electrons. The molecule has 1 atom stereocenters. The molecule has 0 aliphatic carbocycles. The number of aromatic nitrogens is 1. The van der Waals surface area contributed by atoms with Crippen LogP contribution in [0.2, 0.25) is 0 Å². The smallest absolute Gasteiger partial charge is 0.417 e. The molecule has 0 bridgehead atoms. The van der Waals surface area contributed by atoms with E-state index in [0.717, 1.165) is 30.9 Å². The molecule has 0 radical (unpaired) electrons. The zero-order valence-corrected chi connectivity index (χ0v) is 10.9. The van der Waals surface area contributed by atoms with Crippen molar-refractivity contribution in [3.8, 4) is 0 Å². The molecule has 0 aromatic carbocycles. The highest BCUT2D eigenvalue weighted by atomic mass is 19.4. The Balaban J connectivity index is 1.86. The third-order valence-electron chi connectivity index (χ3n) is 2.89. The molecule has 6 heteroatoms. The van der Waals surface area contributed by atoms with E-state index in [1.54, 1.807) is 6.26 Å². The summed E-state index contributed by atoms with van der Waals surface area (Å²) < 4.78 is 42.4. The van der Waals surface area contributed by atoms with Gasteiger partial charge in [-0.1, -0.05) is 0 Å². The van der Waals surface area contributed by atoms with E-state index >= 15 is 0 Å². The van der Waals surface area contributed by atoms with Crippen LogP contribution in [0.25, 0.3) is 0 Å². The lowest BCUT2D eigenvalue weighted by molar-refractivity contribution is -0.137. The maximum atomic E-state index is 12.4. The largest absolute Gasteiger partial charge is 0.469 e. The van der Waals surface area contributed by atoms with Gasteiger partial charge < -0.3 is 9.73 Å². The molecule has 0 spiro atoms. The fourth-order valence-corrected chi connectivity index (χ4v) is 1.79. The Morgan fingerprint density at radius 1 is 1.30 bits per heavy atom. The van der Waals surface area contributed by atoms with Gasteiger partial charge in [0.15, 0.2) is 0 Å². The molecular formula is C14H15F3N2O. The van der Waals surface area contributed by atoms with E-state index in [4.69, 9.17) is 4.42 Å². The van der Waals surface area contributed by atoms with Gasteiger partial charge in [-0.15, -0.1) is 0 Å². The fourth-order valence-electron chi connectivity index (χ4n) is 1.79. The van der Waals surface area contributed by atoms with Gasteiger partial charge in [-0.3, -0.25) is 0 Å². The maximum Gasteiger partial charge on any atom is 0.417 e. The van der Waals surface area contributed by atoms with E-state index in [1.165, 1.54) is 6.07 Å². The minimum Gasteiger partial charge on any atom is -0.469 e. The Labute approximate surface area is 114 Å². The summed E-state index contributed by atoms with van der Waals surface area (Å²) in [5, 5.41) is 3.06. The van der Waals surface area contributed by atoms with Crippen molar-refractivity contribution in [3.63, 3.8) is 0 Å². The third-order valence-corrected chi connectivity index (χ3v) is 2.89. The van der Waals surface area contributed by atoms with Crippen molar-refractivity contribution in [3.05, 3.63) is 48.0 Å². The van der Waals surface area contributed by atoms with Gasteiger partial charge in [0.1, 0.15) is 11.6 Å². The van der Waals surface area contributed by atoms with Gasteiger partial charge in [0.2, 0.25) is 0 Å². The second-order valence-corrected chi connectivity index (χ2v) is 4.59. The Bertz CT molecular complexity index is 520. The predicted molar refractivity (Wildman–Crippen MR) is 69.4 cm³/mol. The summed E-state index contributed by atoms with van der Waals surface area (Å²) >= 11 is 0. The summed E-state index contributed by atoms with van der Waals surface area (Å²) in [4.78, 5) is 3.78. The highest BCUT2D eigenvalue weighted by Gasteiger charge is 2.30. The van der Waals surface area contributed by atoms with Crippen molar-refractivity contribution in [1.82, 2.24) is 4.98 Å². The second kappa shape index (κ2) is 5.98. The van der Waals surface area contributed by atoms with Crippen LogP contribution in [0.3, 0.4) is 0 Å². The third kappa shape index (κ3) is 4.01. The van der Waals surface area contributed by atoms with Crippen molar-refractivity contribution in [1.29, 1.82) is 0 Å². The van der Waals surface area contributed by atoms with E-state index in [0.29, 0.717) is 5.82 Å². The van der Waals surface area contributed by atoms with E-state index in [1.807, 2.05) is 19.1 Å². The Morgan fingerprint density at radius 3 is 2.65 bits per heavy atom. The lowest BCUT2D eigenvalue weighted by Crippen LogP contribution is -2.17. The Morgan fingerprint density at radius 2 is 2.10 bits per heavy atom. The zero-order chi connectivity index (χ0) is 14.6. The van der Waals surface area contributed by atoms with Crippen LogP contribution in [0.4, 0.5) is 19.0 Å².